The number of hydrogen-bond donors (Lipinski definition) is 1. The van der Waals surface area contributed by atoms with Gasteiger partial charge in [-0.15, -0.1) is 11.8 Å². The summed E-state index contributed by atoms with van der Waals surface area (Å²) in [5.74, 6) is 1.29. The van der Waals surface area contributed by atoms with Gasteiger partial charge in [0, 0.05) is 30.2 Å². The second-order valence-electron chi connectivity index (χ2n) is 6.49. The SMILES string of the molecule is O=C(CCSc1ccccc1)N1CCC(C(O)c2ccccc2)CC1. The van der Waals surface area contributed by atoms with E-state index in [9.17, 15) is 9.90 Å². The van der Waals surface area contributed by atoms with Gasteiger partial charge in [0.05, 0.1) is 6.10 Å². The Balaban J connectivity index is 1.41. The Morgan fingerprint density at radius 3 is 2.28 bits per heavy atom. The number of likely N-dealkylation sites (tertiary alicyclic amines) is 1. The molecule has 2 aromatic carbocycles. The maximum absolute atomic E-state index is 12.4. The molecule has 1 heterocycles. The van der Waals surface area contributed by atoms with Crippen molar-refractivity contribution in [1.29, 1.82) is 0 Å². The summed E-state index contributed by atoms with van der Waals surface area (Å²) in [5, 5.41) is 10.5. The Labute approximate surface area is 154 Å². The topological polar surface area (TPSA) is 40.5 Å². The number of aliphatic hydroxyl groups excluding tert-OH is 1. The number of hydrogen-bond acceptors (Lipinski definition) is 3. The first kappa shape index (κ1) is 18.0. The normalized spacial score (nSPS) is 16.6. The van der Waals surface area contributed by atoms with Gasteiger partial charge in [0.25, 0.3) is 0 Å². The molecule has 0 saturated carbocycles. The van der Waals surface area contributed by atoms with Gasteiger partial charge in [0.2, 0.25) is 5.91 Å². The summed E-state index contributed by atoms with van der Waals surface area (Å²) in [6.45, 7) is 1.51. The molecule has 0 bridgehead atoms. The van der Waals surface area contributed by atoms with Crippen molar-refractivity contribution in [3.05, 3.63) is 66.2 Å². The molecule has 4 heteroatoms. The number of aliphatic hydroxyl groups is 1. The Bertz CT molecular complexity index is 654. The van der Waals surface area contributed by atoms with E-state index < -0.39 is 6.10 Å². The van der Waals surface area contributed by atoms with Crippen molar-refractivity contribution in [3.8, 4) is 0 Å². The van der Waals surface area contributed by atoms with Gasteiger partial charge in [-0.1, -0.05) is 48.5 Å². The van der Waals surface area contributed by atoms with Crippen LogP contribution in [0.15, 0.2) is 65.6 Å². The Morgan fingerprint density at radius 1 is 1.04 bits per heavy atom. The van der Waals surface area contributed by atoms with E-state index in [-0.39, 0.29) is 11.8 Å². The highest BCUT2D eigenvalue weighted by Crippen LogP contribution is 2.31. The summed E-state index contributed by atoms with van der Waals surface area (Å²) in [4.78, 5) is 15.6. The quantitative estimate of drug-likeness (QED) is 0.792. The fraction of sp³-hybridized carbons (Fsp3) is 0.381. The zero-order valence-corrected chi connectivity index (χ0v) is 15.2. The summed E-state index contributed by atoms with van der Waals surface area (Å²) in [6, 6.07) is 20.0. The van der Waals surface area contributed by atoms with Crippen LogP contribution in [0, 0.1) is 5.92 Å². The summed E-state index contributed by atoms with van der Waals surface area (Å²) >= 11 is 1.73. The van der Waals surface area contributed by atoms with Crippen molar-refractivity contribution < 1.29 is 9.90 Å². The number of benzene rings is 2. The molecule has 0 radical (unpaired) electrons. The van der Waals surface area contributed by atoms with Crippen LogP contribution in [0.4, 0.5) is 0 Å². The highest BCUT2D eigenvalue weighted by molar-refractivity contribution is 7.99. The lowest BCUT2D eigenvalue weighted by atomic mass is 9.87. The molecule has 2 aromatic rings. The lowest BCUT2D eigenvalue weighted by Crippen LogP contribution is -2.39. The van der Waals surface area contributed by atoms with E-state index in [1.54, 1.807) is 11.8 Å². The molecule has 1 aliphatic heterocycles. The largest absolute Gasteiger partial charge is 0.388 e. The highest BCUT2D eigenvalue weighted by atomic mass is 32.2. The molecule has 1 unspecified atom stereocenters. The molecule has 25 heavy (non-hydrogen) atoms. The monoisotopic (exact) mass is 355 g/mol. The maximum Gasteiger partial charge on any atom is 0.223 e. The number of nitrogens with zero attached hydrogens (tertiary/aromatic N) is 1. The van der Waals surface area contributed by atoms with E-state index in [4.69, 9.17) is 0 Å². The molecular weight excluding hydrogens is 330 g/mol. The van der Waals surface area contributed by atoms with Gasteiger partial charge in [-0.2, -0.15) is 0 Å². The Morgan fingerprint density at radius 2 is 1.64 bits per heavy atom. The third-order valence-corrected chi connectivity index (χ3v) is 5.82. The number of carbonyl (C=O) groups excluding carboxylic acids is 1. The standard InChI is InChI=1S/C21H25NO2S/c23-20(13-16-25-19-9-5-2-6-10-19)22-14-11-18(12-15-22)21(24)17-7-3-1-4-8-17/h1-10,18,21,24H,11-16H2. The zero-order chi connectivity index (χ0) is 17.5. The van der Waals surface area contributed by atoms with Gasteiger partial charge in [-0.05, 0) is 36.5 Å². The van der Waals surface area contributed by atoms with E-state index >= 15 is 0 Å². The van der Waals surface area contributed by atoms with Crippen LogP contribution in [0.1, 0.15) is 30.9 Å². The van der Waals surface area contributed by atoms with Gasteiger partial charge in [-0.25, -0.2) is 0 Å². The molecule has 1 fully saturated rings. The number of rotatable bonds is 6. The van der Waals surface area contributed by atoms with Crippen molar-refractivity contribution in [2.75, 3.05) is 18.8 Å². The van der Waals surface area contributed by atoms with Crippen LogP contribution in [0.25, 0.3) is 0 Å². The van der Waals surface area contributed by atoms with Crippen molar-refractivity contribution in [2.45, 2.75) is 30.3 Å². The molecule has 3 rings (SSSR count). The fourth-order valence-corrected chi connectivity index (χ4v) is 4.18. The lowest BCUT2D eigenvalue weighted by Gasteiger charge is -2.34. The van der Waals surface area contributed by atoms with Crippen LogP contribution in [-0.2, 0) is 4.79 Å². The molecule has 3 nitrogen and oxygen atoms in total. The lowest BCUT2D eigenvalue weighted by molar-refractivity contribution is -0.132. The first-order valence-corrected chi connectivity index (χ1v) is 9.91. The first-order chi connectivity index (χ1) is 12.2. The average molecular weight is 356 g/mol. The molecule has 1 atom stereocenters. The van der Waals surface area contributed by atoms with Gasteiger partial charge < -0.3 is 10.0 Å². The van der Waals surface area contributed by atoms with Crippen molar-refractivity contribution >= 4 is 17.7 Å². The van der Waals surface area contributed by atoms with Crippen LogP contribution in [0.5, 0.6) is 0 Å². The Hall–Kier alpha value is -1.78. The van der Waals surface area contributed by atoms with Crippen LogP contribution in [-0.4, -0.2) is 34.8 Å². The third kappa shape index (κ3) is 5.10. The first-order valence-electron chi connectivity index (χ1n) is 8.92. The number of amides is 1. The predicted octanol–water partition coefficient (Wildman–Crippen LogP) is 4.14. The molecule has 0 aromatic heterocycles. The van der Waals surface area contributed by atoms with Crippen molar-refractivity contribution in [2.24, 2.45) is 5.92 Å². The minimum absolute atomic E-state index is 0.232. The summed E-state index contributed by atoms with van der Waals surface area (Å²) in [6.07, 6.45) is 1.89. The molecule has 0 spiro atoms. The summed E-state index contributed by atoms with van der Waals surface area (Å²) in [5.41, 5.74) is 0.978. The van der Waals surface area contributed by atoms with Gasteiger partial charge in [-0.3, -0.25) is 4.79 Å². The molecule has 132 valence electrons. The molecule has 1 amide bonds. The van der Waals surface area contributed by atoms with E-state index in [0.717, 1.165) is 37.2 Å². The average Bonchev–Trinajstić information content (AvgIpc) is 2.69. The van der Waals surface area contributed by atoms with E-state index in [1.165, 1.54) is 4.90 Å². The zero-order valence-electron chi connectivity index (χ0n) is 14.4. The summed E-state index contributed by atoms with van der Waals surface area (Å²) in [7, 11) is 0. The molecular formula is C21H25NO2S. The molecule has 1 aliphatic rings. The smallest absolute Gasteiger partial charge is 0.223 e. The number of carbonyl (C=O) groups is 1. The molecule has 0 aliphatic carbocycles. The predicted molar refractivity (Wildman–Crippen MR) is 102 cm³/mol. The Kier molecular flexibility index (Phi) is 6.54. The number of thioether (sulfide) groups is 1. The minimum atomic E-state index is -0.424. The van der Waals surface area contributed by atoms with Crippen LogP contribution < -0.4 is 0 Å². The second-order valence-corrected chi connectivity index (χ2v) is 7.65. The summed E-state index contributed by atoms with van der Waals surface area (Å²) < 4.78 is 0. The van der Waals surface area contributed by atoms with Gasteiger partial charge in [0.15, 0.2) is 0 Å². The molecule has 1 N–H and O–H groups in total. The third-order valence-electron chi connectivity index (χ3n) is 4.81. The van der Waals surface area contributed by atoms with Crippen molar-refractivity contribution in [3.63, 3.8) is 0 Å². The molecule has 1 saturated heterocycles. The fourth-order valence-electron chi connectivity index (χ4n) is 3.32. The maximum atomic E-state index is 12.4. The highest BCUT2D eigenvalue weighted by Gasteiger charge is 2.27. The van der Waals surface area contributed by atoms with Crippen LogP contribution >= 0.6 is 11.8 Å². The van der Waals surface area contributed by atoms with E-state index in [0.29, 0.717) is 6.42 Å². The minimum Gasteiger partial charge on any atom is -0.388 e. The van der Waals surface area contributed by atoms with Crippen LogP contribution in [0.2, 0.25) is 0 Å². The van der Waals surface area contributed by atoms with E-state index in [1.807, 2.05) is 53.4 Å². The van der Waals surface area contributed by atoms with Gasteiger partial charge >= 0.3 is 0 Å². The number of piperidine rings is 1. The van der Waals surface area contributed by atoms with Crippen molar-refractivity contribution in [1.82, 2.24) is 4.90 Å². The van der Waals surface area contributed by atoms with E-state index in [2.05, 4.69) is 12.1 Å². The van der Waals surface area contributed by atoms with Gasteiger partial charge in [0.1, 0.15) is 0 Å². The van der Waals surface area contributed by atoms with Crippen LogP contribution in [0.3, 0.4) is 0 Å². The second kappa shape index (κ2) is 9.07.